The van der Waals surface area contributed by atoms with Crippen molar-refractivity contribution in [2.75, 3.05) is 13.1 Å². The van der Waals surface area contributed by atoms with Gasteiger partial charge in [-0.15, -0.1) is 0 Å². The van der Waals surface area contributed by atoms with Crippen molar-refractivity contribution in [3.05, 3.63) is 70.6 Å². The number of rotatable bonds is 3. The number of nitrogens with zero attached hydrogens (tertiary/aromatic N) is 3. The van der Waals surface area contributed by atoms with Gasteiger partial charge < -0.3 is 9.42 Å². The number of likely N-dealkylation sites (tertiary alicyclic amines) is 1. The van der Waals surface area contributed by atoms with Crippen LogP contribution in [0.2, 0.25) is 5.02 Å². The maximum atomic E-state index is 12.8. The number of amides is 1. The van der Waals surface area contributed by atoms with Gasteiger partial charge in [0.15, 0.2) is 0 Å². The lowest BCUT2D eigenvalue weighted by molar-refractivity contribution is 0.0695. The van der Waals surface area contributed by atoms with Crippen LogP contribution < -0.4 is 0 Å². The number of carbonyl (C=O) groups is 1. The Morgan fingerprint density at radius 1 is 1.15 bits per heavy atom. The van der Waals surface area contributed by atoms with Crippen LogP contribution in [0.5, 0.6) is 0 Å². The Bertz CT molecular complexity index is 935. The van der Waals surface area contributed by atoms with Gasteiger partial charge in [-0.1, -0.05) is 46.6 Å². The van der Waals surface area contributed by atoms with E-state index in [1.165, 1.54) is 5.56 Å². The number of halogens is 1. The van der Waals surface area contributed by atoms with Crippen LogP contribution in [0, 0.1) is 6.92 Å². The predicted octanol–water partition coefficient (Wildman–Crippen LogP) is 4.72. The average molecular weight is 382 g/mol. The van der Waals surface area contributed by atoms with Crippen LogP contribution in [0.25, 0.3) is 11.4 Å². The SMILES string of the molecule is Cc1ccc(-c2noc(C3CCCN(C(=O)c4ccc(Cl)cc4)C3)n2)cc1. The number of benzene rings is 2. The molecule has 4 rings (SSSR count). The summed E-state index contributed by atoms with van der Waals surface area (Å²) in [7, 11) is 0. The first-order chi connectivity index (χ1) is 13.1. The van der Waals surface area contributed by atoms with E-state index in [2.05, 4.69) is 10.1 Å². The fourth-order valence-electron chi connectivity index (χ4n) is 3.36. The summed E-state index contributed by atoms with van der Waals surface area (Å²) in [5.74, 6) is 1.25. The first-order valence-electron chi connectivity index (χ1n) is 9.05. The van der Waals surface area contributed by atoms with Crippen molar-refractivity contribution < 1.29 is 9.32 Å². The van der Waals surface area contributed by atoms with Gasteiger partial charge in [-0.2, -0.15) is 4.98 Å². The Labute approximate surface area is 163 Å². The minimum atomic E-state index is 0.00893. The fraction of sp³-hybridized carbons (Fsp3) is 0.286. The third-order valence-corrected chi connectivity index (χ3v) is 5.15. The Morgan fingerprint density at radius 3 is 2.63 bits per heavy atom. The Balaban J connectivity index is 1.49. The predicted molar refractivity (Wildman–Crippen MR) is 104 cm³/mol. The van der Waals surface area contributed by atoms with E-state index in [0.717, 1.165) is 24.9 Å². The summed E-state index contributed by atoms with van der Waals surface area (Å²) in [5.41, 5.74) is 2.76. The van der Waals surface area contributed by atoms with Crippen LogP contribution in [0.4, 0.5) is 0 Å². The lowest BCUT2D eigenvalue weighted by Crippen LogP contribution is -2.39. The van der Waals surface area contributed by atoms with E-state index >= 15 is 0 Å². The Kier molecular flexibility index (Phi) is 4.94. The first kappa shape index (κ1) is 17.7. The molecule has 2 heterocycles. The summed E-state index contributed by atoms with van der Waals surface area (Å²) in [4.78, 5) is 19.2. The molecule has 0 N–H and O–H groups in total. The van der Waals surface area contributed by atoms with E-state index in [4.69, 9.17) is 16.1 Å². The monoisotopic (exact) mass is 381 g/mol. The highest BCUT2D eigenvalue weighted by molar-refractivity contribution is 6.30. The average Bonchev–Trinajstić information content (AvgIpc) is 3.19. The molecule has 0 spiro atoms. The molecule has 1 aliphatic rings. The van der Waals surface area contributed by atoms with Crippen molar-refractivity contribution in [1.82, 2.24) is 15.0 Å². The van der Waals surface area contributed by atoms with Gasteiger partial charge in [-0.05, 0) is 44.0 Å². The second-order valence-electron chi connectivity index (χ2n) is 6.92. The number of aryl methyl sites for hydroxylation is 1. The van der Waals surface area contributed by atoms with E-state index in [1.807, 2.05) is 36.1 Å². The highest BCUT2D eigenvalue weighted by Gasteiger charge is 2.29. The Morgan fingerprint density at radius 2 is 1.89 bits per heavy atom. The van der Waals surface area contributed by atoms with Crippen molar-refractivity contribution in [3.8, 4) is 11.4 Å². The van der Waals surface area contributed by atoms with Crippen LogP contribution in [-0.2, 0) is 0 Å². The van der Waals surface area contributed by atoms with Crippen molar-refractivity contribution in [2.24, 2.45) is 0 Å². The van der Waals surface area contributed by atoms with Crippen LogP contribution in [0.3, 0.4) is 0 Å². The second-order valence-corrected chi connectivity index (χ2v) is 7.36. The zero-order chi connectivity index (χ0) is 18.8. The maximum Gasteiger partial charge on any atom is 0.253 e. The molecular formula is C21H20ClN3O2. The zero-order valence-corrected chi connectivity index (χ0v) is 15.8. The van der Waals surface area contributed by atoms with E-state index in [0.29, 0.717) is 28.8 Å². The fourth-order valence-corrected chi connectivity index (χ4v) is 3.49. The molecule has 0 radical (unpaired) electrons. The lowest BCUT2D eigenvalue weighted by Gasteiger charge is -2.31. The van der Waals surface area contributed by atoms with Gasteiger partial charge in [0.05, 0.1) is 5.92 Å². The molecule has 1 aliphatic heterocycles. The molecule has 1 fully saturated rings. The van der Waals surface area contributed by atoms with Gasteiger partial charge in [0.1, 0.15) is 0 Å². The summed E-state index contributed by atoms with van der Waals surface area (Å²) in [5, 5.41) is 4.75. The standard InChI is InChI=1S/C21H20ClN3O2/c1-14-4-6-15(7-5-14)19-23-20(27-24-19)17-3-2-12-25(13-17)21(26)16-8-10-18(22)11-9-16/h4-11,17H,2-3,12-13H2,1H3. The normalized spacial score (nSPS) is 17.1. The van der Waals surface area contributed by atoms with Crippen molar-refractivity contribution >= 4 is 17.5 Å². The Hall–Kier alpha value is -2.66. The van der Waals surface area contributed by atoms with Crippen LogP contribution in [-0.4, -0.2) is 34.0 Å². The molecule has 0 saturated carbocycles. The molecule has 1 aromatic heterocycles. The van der Waals surface area contributed by atoms with Crippen molar-refractivity contribution in [3.63, 3.8) is 0 Å². The van der Waals surface area contributed by atoms with Crippen LogP contribution in [0.15, 0.2) is 53.1 Å². The molecule has 0 aliphatic carbocycles. The second kappa shape index (κ2) is 7.53. The van der Waals surface area contributed by atoms with Gasteiger partial charge in [0.2, 0.25) is 11.7 Å². The van der Waals surface area contributed by atoms with E-state index in [-0.39, 0.29) is 11.8 Å². The lowest BCUT2D eigenvalue weighted by atomic mass is 9.97. The third-order valence-electron chi connectivity index (χ3n) is 4.90. The number of hydrogen-bond acceptors (Lipinski definition) is 4. The molecule has 6 heteroatoms. The van der Waals surface area contributed by atoms with Crippen molar-refractivity contribution in [2.45, 2.75) is 25.7 Å². The summed E-state index contributed by atoms with van der Waals surface area (Å²) in [6.45, 7) is 3.35. The molecule has 0 bridgehead atoms. The molecular weight excluding hydrogens is 362 g/mol. The van der Waals surface area contributed by atoms with Crippen LogP contribution >= 0.6 is 11.6 Å². The van der Waals surface area contributed by atoms with Gasteiger partial charge in [-0.3, -0.25) is 4.79 Å². The largest absolute Gasteiger partial charge is 0.339 e. The number of carbonyl (C=O) groups excluding carboxylic acids is 1. The van der Waals surface area contributed by atoms with E-state index < -0.39 is 0 Å². The van der Waals surface area contributed by atoms with E-state index in [1.54, 1.807) is 24.3 Å². The minimum Gasteiger partial charge on any atom is -0.339 e. The van der Waals surface area contributed by atoms with Gasteiger partial charge in [-0.25, -0.2) is 0 Å². The minimum absolute atomic E-state index is 0.00893. The molecule has 138 valence electrons. The summed E-state index contributed by atoms with van der Waals surface area (Å²) in [6.07, 6.45) is 1.84. The smallest absolute Gasteiger partial charge is 0.253 e. The van der Waals surface area contributed by atoms with Crippen molar-refractivity contribution in [1.29, 1.82) is 0 Å². The summed E-state index contributed by atoms with van der Waals surface area (Å²) >= 11 is 5.91. The third kappa shape index (κ3) is 3.88. The van der Waals surface area contributed by atoms with Gasteiger partial charge in [0.25, 0.3) is 5.91 Å². The number of aromatic nitrogens is 2. The number of hydrogen-bond donors (Lipinski definition) is 0. The highest BCUT2D eigenvalue weighted by atomic mass is 35.5. The maximum absolute atomic E-state index is 12.8. The molecule has 1 atom stereocenters. The molecule has 1 unspecified atom stereocenters. The number of piperidine rings is 1. The molecule has 1 amide bonds. The molecule has 2 aromatic carbocycles. The van der Waals surface area contributed by atoms with E-state index in [9.17, 15) is 4.79 Å². The molecule has 5 nitrogen and oxygen atoms in total. The summed E-state index contributed by atoms with van der Waals surface area (Å²) in [6, 6.07) is 15.0. The summed E-state index contributed by atoms with van der Waals surface area (Å²) < 4.78 is 5.52. The van der Waals surface area contributed by atoms with Crippen LogP contribution in [0.1, 0.15) is 40.6 Å². The van der Waals surface area contributed by atoms with Gasteiger partial charge >= 0.3 is 0 Å². The van der Waals surface area contributed by atoms with Gasteiger partial charge in [0, 0.05) is 29.2 Å². The molecule has 3 aromatic rings. The zero-order valence-electron chi connectivity index (χ0n) is 15.1. The topological polar surface area (TPSA) is 59.2 Å². The quantitative estimate of drug-likeness (QED) is 0.658. The molecule has 27 heavy (non-hydrogen) atoms. The molecule has 1 saturated heterocycles. The highest BCUT2D eigenvalue weighted by Crippen LogP contribution is 2.28. The first-order valence-corrected chi connectivity index (χ1v) is 9.43.